The van der Waals surface area contributed by atoms with E-state index in [1.807, 2.05) is 0 Å². The second-order valence-corrected chi connectivity index (χ2v) is 5.07. The summed E-state index contributed by atoms with van der Waals surface area (Å²) in [6.45, 7) is 3.06. The molecule has 0 saturated carbocycles. The summed E-state index contributed by atoms with van der Waals surface area (Å²) in [6.07, 6.45) is 0. The van der Waals surface area contributed by atoms with E-state index in [2.05, 4.69) is 0 Å². The zero-order valence-corrected chi connectivity index (χ0v) is 12.6. The lowest BCUT2D eigenvalue weighted by molar-refractivity contribution is -0.184. The lowest BCUT2D eigenvalue weighted by atomic mass is 10.1. The van der Waals surface area contributed by atoms with Gasteiger partial charge in [0.1, 0.15) is 0 Å². The van der Waals surface area contributed by atoms with Crippen LogP contribution in [-0.4, -0.2) is 23.5 Å². The molecule has 108 valence electrons. The van der Waals surface area contributed by atoms with Gasteiger partial charge in [0.05, 0.1) is 15.8 Å². The third-order valence-electron chi connectivity index (χ3n) is 2.50. The Morgan fingerprint density at radius 1 is 0.789 bits per heavy atom. The first-order chi connectivity index (χ1) is 8.80. The minimum Gasteiger partial charge on any atom is -0.351 e. The highest BCUT2D eigenvalue weighted by Gasteiger charge is 2.39. The molecule has 0 aliphatic rings. The molecule has 1 rings (SSSR count). The highest BCUT2D eigenvalue weighted by molar-refractivity contribution is 6.13. The maximum absolute atomic E-state index is 13.7. The normalized spacial score (nSPS) is 12.2. The molecule has 1 aromatic rings. The third-order valence-corrected chi connectivity index (χ3v) is 3.58. The third kappa shape index (κ3) is 2.80. The van der Waals surface area contributed by atoms with Gasteiger partial charge >= 0.3 is 0 Å². The summed E-state index contributed by atoms with van der Waals surface area (Å²) in [4.78, 5) is 0. The molecule has 0 aliphatic carbocycles. The predicted molar refractivity (Wildman–Crippen MR) is 61.1 cm³/mol. The van der Waals surface area contributed by atoms with Crippen molar-refractivity contribution in [3.8, 4) is 0 Å². The molecule has 0 saturated heterocycles. The van der Waals surface area contributed by atoms with Crippen molar-refractivity contribution in [2.45, 2.75) is 19.3 Å². The van der Waals surface area contributed by atoms with Crippen LogP contribution in [0, 0.1) is 29.1 Å². The van der Waals surface area contributed by atoms with E-state index in [9.17, 15) is 22.0 Å². The molecule has 19 heavy (non-hydrogen) atoms. The van der Waals surface area contributed by atoms with E-state index >= 15 is 0 Å². The van der Waals surface area contributed by atoms with Gasteiger partial charge in [0, 0.05) is 13.2 Å². The Morgan fingerprint density at radius 2 is 1.11 bits per heavy atom. The van der Waals surface area contributed by atoms with Crippen LogP contribution in [0.25, 0.3) is 0 Å². The molecule has 2 nitrogen and oxygen atoms in total. The van der Waals surface area contributed by atoms with E-state index in [4.69, 9.17) is 9.47 Å². The van der Waals surface area contributed by atoms with Crippen LogP contribution in [0.4, 0.5) is 22.0 Å². The van der Waals surface area contributed by atoms with Gasteiger partial charge in [-0.3, -0.25) is 0 Å². The Bertz CT molecular complexity index is 446. The molecule has 0 radical (unpaired) electrons. The van der Waals surface area contributed by atoms with Crippen molar-refractivity contribution >= 4 is 10.2 Å². The largest absolute Gasteiger partial charge is 0.351 e. The number of benzene rings is 1. The van der Waals surface area contributed by atoms with E-state index in [1.165, 1.54) is 13.8 Å². The Kier molecular flexibility index (Phi) is 5.05. The number of rotatable bonds is 5. The second-order valence-electron chi connectivity index (χ2n) is 3.76. The quantitative estimate of drug-likeness (QED) is 0.272. The van der Waals surface area contributed by atoms with Gasteiger partial charge in [-0.1, -0.05) is 0 Å². The van der Waals surface area contributed by atoms with Crippen molar-refractivity contribution in [3.63, 3.8) is 0 Å². The van der Waals surface area contributed by atoms with Gasteiger partial charge in [-0.05, 0) is 13.8 Å². The Balaban J connectivity index is 3.55. The first-order valence-corrected chi connectivity index (χ1v) is 6.59. The van der Waals surface area contributed by atoms with Gasteiger partial charge in [0.15, 0.2) is 28.7 Å². The standard InChI is InChI=1S/C11H13F5O2Si/c1-3-17-11(19,18-4-2)5-6(12)8(14)10(16)9(15)7(5)13/h3-4H2,1-2,19H3. The summed E-state index contributed by atoms with van der Waals surface area (Å²) in [5.41, 5.74) is -2.98. The molecule has 0 aliphatic heterocycles. The number of halogens is 5. The number of hydrogen-bond donors (Lipinski definition) is 0. The molecule has 0 fully saturated rings. The zero-order valence-electron chi connectivity index (χ0n) is 10.6. The fourth-order valence-electron chi connectivity index (χ4n) is 1.74. The molecular formula is C11H13F5O2Si. The van der Waals surface area contributed by atoms with Crippen molar-refractivity contribution < 1.29 is 31.4 Å². The average molecular weight is 300 g/mol. The smallest absolute Gasteiger partial charge is 0.200 e. The molecule has 0 spiro atoms. The zero-order chi connectivity index (χ0) is 14.8. The Morgan fingerprint density at radius 3 is 1.42 bits per heavy atom. The van der Waals surface area contributed by atoms with Crippen LogP contribution in [0.3, 0.4) is 0 Å². The van der Waals surface area contributed by atoms with Crippen LogP contribution in [0.15, 0.2) is 0 Å². The average Bonchev–Trinajstić information content (AvgIpc) is 2.34. The first-order valence-electron chi connectivity index (χ1n) is 5.59. The lowest BCUT2D eigenvalue weighted by Gasteiger charge is -2.30. The van der Waals surface area contributed by atoms with Crippen molar-refractivity contribution in [2.75, 3.05) is 13.2 Å². The van der Waals surface area contributed by atoms with Crippen LogP contribution >= 0.6 is 0 Å². The summed E-state index contributed by atoms with van der Waals surface area (Å²) in [6, 6.07) is 0. The summed E-state index contributed by atoms with van der Waals surface area (Å²) in [7, 11) is -0.114. The minimum atomic E-state index is -2.20. The van der Waals surface area contributed by atoms with E-state index < -0.39 is 40.1 Å². The van der Waals surface area contributed by atoms with Gasteiger partial charge in [0.25, 0.3) is 0 Å². The minimum absolute atomic E-state index is 0.00297. The summed E-state index contributed by atoms with van der Waals surface area (Å²) in [5.74, 6) is -10.1. The molecule has 0 atom stereocenters. The molecule has 0 unspecified atom stereocenters. The van der Waals surface area contributed by atoms with Gasteiger partial charge in [-0.25, -0.2) is 22.0 Å². The van der Waals surface area contributed by atoms with E-state index in [0.717, 1.165) is 0 Å². The number of ether oxygens (including phenoxy) is 2. The molecule has 8 heteroatoms. The van der Waals surface area contributed by atoms with Crippen molar-refractivity contribution in [1.29, 1.82) is 0 Å². The van der Waals surface area contributed by atoms with Crippen molar-refractivity contribution in [1.82, 2.24) is 0 Å². The molecule has 1 aromatic carbocycles. The van der Waals surface area contributed by atoms with Crippen LogP contribution < -0.4 is 0 Å². The molecule has 0 N–H and O–H groups in total. The topological polar surface area (TPSA) is 18.5 Å². The van der Waals surface area contributed by atoms with Crippen molar-refractivity contribution in [3.05, 3.63) is 34.6 Å². The SMILES string of the molecule is CCOC([SiH3])(OCC)c1c(F)c(F)c(F)c(F)c1F. The first kappa shape index (κ1) is 16.1. The van der Waals surface area contributed by atoms with Gasteiger partial charge < -0.3 is 9.47 Å². The fourth-order valence-corrected chi connectivity index (χ4v) is 2.76. The fraction of sp³-hybridized carbons (Fsp3) is 0.455. The van der Waals surface area contributed by atoms with Gasteiger partial charge in [0.2, 0.25) is 5.82 Å². The Labute approximate surface area is 109 Å². The monoisotopic (exact) mass is 300 g/mol. The van der Waals surface area contributed by atoms with E-state index in [0.29, 0.717) is 0 Å². The van der Waals surface area contributed by atoms with Crippen LogP contribution in [0.5, 0.6) is 0 Å². The molecular weight excluding hydrogens is 287 g/mol. The summed E-state index contributed by atoms with van der Waals surface area (Å²) < 4.78 is 76.8. The van der Waals surface area contributed by atoms with Crippen LogP contribution in [0.1, 0.15) is 19.4 Å². The van der Waals surface area contributed by atoms with Gasteiger partial charge in [-0.2, -0.15) is 0 Å². The van der Waals surface area contributed by atoms with Gasteiger partial charge in [-0.15, -0.1) is 0 Å². The molecule has 0 heterocycles. The van der Waals surface area contributed by atoms with Crippen molar-refractivity contribution in [2.24, 2.45) is 0 Å². The van der Waals surface area contributed by atoms with Crippen LogP contribution in [0.2, 0.25) is 0 Å². The predicted octanol–water partition coefficient (Wildman–Crippen LogP) is 1.93. The number of hydrogen-bond acceptors (Lipinski definition) is 2. The highest BCUT2D eigenvalue weighted by atomic mass is 28.1. The maximum Gasteiger partial charge on any atom is 0.200 e. The maximum atomic E-state index is 13.7. The van der Waals surface area contributed by atoms with E-state index in [1.54, 1.807) is 0 Å². The Hall–Kier alpha value is -0.993. The second kappa shape index (κ2) is 5.97. The van der Waals surface area contributed by atoms with E-state index in [-0.39, 0.29) is 23.5 Å². The lowest BCUT2D eigenvalue weighted by Crippen LogP contribution is -2.37. The molecule has 0 amide bonds. The molecule has 0 bridgehead atoms. The highest BCUT2D eigenvalue weighted by Crippen LogP contribution is 2.33. The summed E-state index contributed by atoms with van der Waals surface area (Å²) in [5, 5.41) is 0. The van der Waals surface area contributed by atoms with Crippen LogP contribution in [-0.2, 0) is 14.9 Å². The summed E-state index contributed by atoms with van der Waals surface area (Å²) >= 11 is 0. The molecule has 0 aromatic heterocycles.